The molecular weight excluding hydrogens is 428 g/mol. The van der Waals surface area contributed by atoms with Crippen molar-refractivity contribution in [3.63, 3.8) is 0 Å². The molecule has 1 aromatic carbocycles. The normalized spacial score (nSPS) is 29.3. The van der Waals surface area contributed by atoms with Gasteiger partial charge in [-0.05, 0) is 44.9 Å². The fraction of sp³-hybridized carbons (Fsp3) is 0.520. The lowest BCUT2D eigenvalue weighted by molar-refractivity contribution is -0.152. The molecule has 0 aliphatic carbocycles. The zero-order valence-corrected chi connectivity index (χ0v) is 20.0. The average Bonchev–Trinajstić information content (AvgIpc) is 3.08. The maximum absolute atomic E-state index is 13.2. The van der Waals surface area contributed by atoms with Crippen molar-refractivity contribution in [2.75, 3.05) is 21.0 Å². The molecule has 2 aliphatic heterocycles. The number of fused-ring (bicyclic) bond motifs is 2. The number of methoxy groups -OCH3 is 2. The first-order chi connectivity index (χ1) is 15.6. The molecule has 2 heterocycles. The van der Waals surface area contributed by atoms with Crippen molar-refractivity contribution in [2.45, 2.75) is 58.2 Å². The van der Waals surface area contributed by atoms with Crippen LogP contribution in [0.2, 0.25) is 0 Å². The Morgan fingerprint density at radius 2 is 1.85 bits per heavy atom. The second kappa shape index (κ2) is 10.5. The Morgan fingerprint density at radius 1 is 1.09 bits per heavy atom. The van der Waals surface area contributed by atoms with Crippen LogP contribution in [0.4, 0.5) is 0 Å². The van der Waals surface area contributed by atoms with Crippen LogP contribution in [0.25, 0.3) is 6.08 Å². The van der Waals surface area contributed by atoms with E-state index in [1.54, 1.807) is 45.1 Å². The van der Waals surface area contributed by atoms with Gasteiger partial charge in [0.05, 0.1) is 13.2 Å². The van der Waals surface area contributed by atoms with E-state index in [9.17, 15) is 9.59 Å². The third-order valence-electron chi connectivity index (χ3n) is 5.61. The summed E-state index contributed by atoms with van der Waals surface area (Å²) in [7, 11) is 3.03. The number of ether oxygens (including phenoxy) is 6. The number of benzene rings is 1. The molecule has 0 bridgehead atoms. The van der Waals surface area contributed by atoms with Gasteiger partial charge in [-0.15, -0.1) is 0 Å². The zero-order valence-electron chi connectivity index (χ0n) is 20.0. The molecule has 1 fully saturated rings. The minimum atomic E-state index is -0.874. The molecule has 4 atom stereocenters. The second-order valence-electron chi connectivity index (χ2n) is 8.60. The zero-order chi connectivity index (χ0) is 24.2. The van der Waals surface area contributed by atoms with Gasteiger partial charge in [-0.3, -0.25) is 4.79 Å². The molecule has 180 valence electrons. The Labute approximate surface area is 194 Å². The lowest BCUT2D eigenvalue weighted by Gasteiger charge is -2.21. The van der Waals surface area contributed by atoms with Crippen molar-refractivity contribution in [1.82, 2.24) is 0 Å². The van der Waals surface area contributed by atoms with E-state index >= 15 is 0 Å². The molecule has 3 rings (SSSR count). The number of hydrogen-bond donors (Lipinski definition) is 0. The van der Waals surface area contributed by atoms with Gasteiger partial charge in [0.1, 0.15) is 29.3 Å². The number of rotatable bonds is 4. The van der Waals surface area contributed by atoms with E-state index in [4.69, 9.17) is 28.4 Å². The molecule has 2 aliphatic rings. The van der Waals surface area contributed by atoms with Gasteiger partial charge in [0.15, 0.2) is 18.4 Å². The SMILES string of the molecule is COCOc1cc(OC)cc2c1C(=O)O[C@@H](C)[C@H](C)/C=C\C(=O)C1OC(C)(C)O[C@H]1C/C=C/2. The molecule has 1 saturated heterocycles. The number of hydrogen-bond acceptors (Lipinski definition) is 8. The van der Waals surface area contributed by atoms with Gasteiger partial charge in [0.2, 0.25) is 0 Å². The Hall–Kier alpha value is -2.68. The highest BCUT2D eigenvalue weighted by Gasteiger charge is 2.43. The highest BCUT2D eigenvalue weighted by atomic mass is 16.8. The fourth-order valence-electron chi connectivity index (χ4n) is 3.73. The summed E-state index contributed by atoms with van der Waals surface area (Å²) < 4.78 is 33.7. The molecule has 8 nitrogen and oxygen atoms in total. The van der Waals surface area contributed by atoms with E-state index in [-0.39, 0.29) is 29.8 Å². The molecule has 33 heavy (non-hydrogen) atoms. The molecule has 1 aromatic rings. The fourth-order valence-corrected chi connectivity index (χ4v) is 3.73. The van der Waals surface area contributed by atoms with E-state index in [0.29, 0.717) is 17.7 Å². The summed E-state index contributed by atoms with van der Waals surface area (Å²) in [4.78, 5) is 26.0. The minimum absolute atomic E-state index is 0.0442. The summed E-state index contributed by atoms with van der Waals surface area (Å²) in [5.74, 6) is -1.01. The van der Waals surface area contributed by atoms with Gasteiger partial charge in [-0.2, -0.15) is 0 Å². The third kappa shape index (κ3) is 6.01. The Bertz CT molecular complexity index is 933. The molecular formula is C25H32O8. The van der Waals surface area contributed by atoms with E-state index in [1.807, 2.05) is 13.0 Å². The summed E-state index contributed by atoms with van der Waals surface area (Å²) in [6, 6.07) is 3.35. The van der Waals surface area contributed by atoms with Crippen LogP contribution in [0.15, 0.2) is 30.4 Å². The van der Waals surface area contributed by atoms with E-state index in [0.717, 1.165) is 0 Å². The number of carbonyl (C=O) groups is 2. The monoisotopic (exact) mass is 460 g/mol. The minimum Gasteiger partial charge on any atom is -0.497 e. The van der Waals surface area contributed by atoms with Crippen molar-refractivity contribution >= 4 is 17.8 Å². The standard InChI is InChI=1S/C25H32O8/c1-15-10-11-19(26)23-20(32-25(3,4)33-23)9-7-8-17-12-18(29-6)13-21(30-14-28-5)22(17)24(27)31-16(15)2/h7-8,10-13,15-16,20,23H,9,14H2,1-6H3/b8-7+,11-10-/t15-,16+,20+,23?/m1/s1. The smallest absolute Gasteiger partial charge is 0.342 e. The van der Waals surface area contributed by atoms with E-state index in [1.165, 1.54) is 20.3 Å². The second-order valence-corrected chi connectivity index (χ2v) is 8.60. The molecule has 0 saturated carbocycles. The van der Waals surface area contributed by atoms with Crippen molar-refractivity contribution in [3.05, 3.63) is 41.5 Å². The highest BCUT2D eigenvalue weighted by molar-refractivity contribution is 5.97. The Balaban J connectivity index is 2.07. The van der Waals surface area contributed by atoms with E-state index in [2.05, 4.69) is 0 Å². The number of ketones is 1. The summed E-state index contributed by atoms with van der Waals surface area (Å²) >= 11 is 0. The quantitative estimate of drug-likeness (QED) is 0.493. The highest BCUT2D eigenvalue weighted by Crippen LogP contribution is 2.34. The van der Waals surface area contributed by atoms with Gasteiger partial charge >= 0.3 is 5.97 Å². The first-order valence-electron chi connectivity index (χ1n) is 10.9. The Kier molecular flexibility index (Phi) is 7.94. The number of carbonyl (C=O) groups excluding carboxylic acids is 2. The van der Waals surface area contributed by atoms with Crippen LogP contribution in [-0.4, -0.2) is 56.9 Å². The molecule has 0 radical (unpaired) electrons. The Morgan fingerprint density at radius 3 is 2.55 bits per heavy atom. The van der Waals surface area contributed by atoms with Crippen molar-refractivity contribution < 1.29 is 38.0 Å². The maximum Gasteiger partial charge on any atom is 0.342 e. The van der Waals surface area contributed by atoms with Crippen LogP contribution < -0.4 is 9.47 Å². The molecule has 1 unspecified atom stereocenters. The first-order valence-corrected chi connectivity index (χ1v) is 10.9. The largest absolute Gasteiger partial charge is 0.497 e. The first kappa shape index (κ1) is 25.0. The van der Waals surface area contributed by atoms with Crippen LogP contribution in [0, 0.1) is 5.92 Å². The van der Waals surface area contributed by atoms with E-state index < -0.39 is 30.1 Å². The van der Waals surface area contributed by atoms with Crippen LogP contribution in [0.5, 0.6) is 11.5 Å². The predicted octanol–water partition coefficient (Wildman–Crippen LogP) is 3.92. The molecule has 0 amide bonds. The maximum atomic E-state index is 13.2. The number of cyclic esters (lactones) is 1. The van der Waals surface area contributed by atoms with Gasteiger partial charge < -0.3 is 28.4 Å². The molecule has 8 heteroatoms. The van der Waals surface area contributed by atoms with Crippen LogP contribution >= 0.6 is 0 Å². The third-order valence-corrected chi connectivity index (χ3v) is 5.61. The van der Waals surface area contributed by atoms with Crippen molar-refractivity contribution in [1.29, 1.82) is 0 Å². The summed E-state index contributed by atoms with van der Waals surface area (Å²) in [6.45, 7) is 7.17. The van der Waals surface area contributed by atoms with Crippen molar-refractivity contribution in [3.8, 4) is 11.5 Å². The predicted molar refractivity (Wildman–Crippen MR) is 121 cm³/mol. The summed E-state index contributed by atoms with van der Waals surface area (Å²) in [6.07, 6.45) is 5.54. The lowest BCUT2D eigenvalue weighted by Crippen LogP contribution is -2.30. The topological polar surface area (TPSA) is 89.5 Å². The van der Waals surface area contributed by atoms with Crippen LogP contribution in [0.3, 0.4) is 0 Å². The van der Waals surface area contributed by atoms with Crippen LogP contribution in [0.1, 0.15) is 50.0 Å². The van der Waals surface area contributed by atoms with Gasteiger partial charge in [0, 0.05) is 19.1 Å². The van der Waals surface area contributed by atoms with Gasteiger partial charge in [-0.25, -0.2) is 4.79 Å². The van der Waals surface area contributed by atoms with Gasteiger partial charge in [0.25, 0.3) is 0 Å². The van der Waals surface area contributed by atoms with Crippen LogP contribution in [-0.2, 0) is 23.7 Å². The molecule has 0 N–H and O–H groups in total. The summed E-state index contributed by atoms with van der Waals surface area (Å²) in [5.41, 5.74) is 0.819. The van der Waals surface area contributed by atoms with Crippen molar-refractivity contribution in [2.24, 2.45) is 5.92 Å². The molecule has 0 aromatic heterocycles. The number of esters is 1. The molecule has 0 spiro atoms. The average molecular weight is 461 g/mol. The lowest BCUT2D eigenvalue weighted by atomic mass is 9.99. The van der Waals surface area contributed by atoms with Gasteiger partial charge in [-0.1, -0.05) is 25.2 Å². The summed E-state index contributed by atoms with van der Waals surface area (Å²) in [5, 5.41) is 0.